The quantitative estimate of drug-likeness (QED) is 0.728. The Bertz CT molecular complexity index is 569. The fourth-order valence-electron chi connectivity index (χ4n) is 1.61. The molecule has 4 nitrogen and oxygen atoms in total. The summed E-state index contributed by atoms with van der Waals surface area (Å²) in [7, 11) is 1.34. The molecule has 0 unspecified atom stereocenters. The molecule has 2 aromatic heterocycles. The fourth-order valence-corrected chi connectivity index (χ4v) is 1.61. The molecule has 4 heteroatoms. The lowest BCUT2D eigenvalue weighted by molar-refractivity contribution is 0.0600. The number of methoxy groups -OCH3 is 1. The van der Waals surface area contributed by atoms with Gasteiger partial charge in [0, 0.05) is 23.8 Å². The maximum Gasteiger partial charge on any atom is 0.339 e. The van der Waals surface area contributed by atoms with Crippen LogP contribution < -0.4 is 0 Å². The molecule has 0 N–H and O–H groups in total. The molecule has 0 bridgehead atoms. The number of aromatic nitrogens is 2. The summed E-state index contributed by atoms with van der Waals surface area (Å²) in [6.45, 7) is 3.56. The number of hydrogen-bond acceptors (Lipinski definition) is 3. The van der Waals surface area contributed by atoms with E-state index in [1.165, 1.54) is 13.3 Å². The van der Waals surface area contributed by atoms with Crippen LogP contribution in [0.15, 0.2) is 24.5 Å². The monoisotopic (exact) mass is 219 g/mol. The molecule has 0 amide bonds. The summed E-state index contributed by atoms with van der Waals surface area (Å²) < 4.78 is 14.4. The second-order valence-electron chi connectivity index (χ2n) is 3.76. The zero-order chi connectivity index (χ0) is 12.6. The number of hydrogen-bond donors (Lipinski definition) is 0. The normalized spacial score (nSPS) is 12.6. The molecule has 0 radical (unpaired) electrons. The summed E-state index contributed by atoms with van der Waals surface area (Å²) in [4.78, 5) is 15.6. The van der Waals surface area contributed by atoms with Crippen molar-refractivity contribution in [3.8, 4) is 0 Å². The smallest absolute Gasteiger partial charge is 0.339 e. The van der Waals surface area contributed by atoms with Gasteiger partial charge in [-0.3, -0.25) is 0 Å². The molecule has 0 saturated carbocycles. The third kappa shape index (κ3) is 1.66. The van der Waals surface area contributed by atoms with Gasteiger partial charge in [-0.2, -0.15) is 0 Å². The van der Waals surface area contributed by atoms with Crippen LogP contribution in [0, 0.1) is 0 Å². The highest BCUT2D eigenvalue weighted by Crippen LogP contribution is 2.19. The Hall–Kier alpha value is -1.84. The van der Waals surface area contributed by atoms with E-state index >= 15 is 0 Å². The largest absolute Gasteiger partial charge is 0.465 e. The topological polar surface area (TPSA) is 44.1 Å². The molecule has 2 heterocycles. The maximum atomic E-state index is 11.4. The zero-order valence-electron chi connectivity index (χ0n) is 10.5. The molecule has 0 aliphatic heterocycles. The lowest BCUT2D eigenvalue weighted by atomic mass is 10.2. The molecule has 0 spiro atoms. The van der Waals surface area contributed by atoms with Crippen molar-refractivity contribution in [1.29, 1.82) is 0 Å². The van der Waals surface area contributed by atoms with Crippen LogP contribution in [0.25, 0.3) is 11.0 Å². The van der Waals surface area contributed by atoms with Gasteiger partial charge in [0.2, 0.25) is 0 Å². The SMILES string of the molecule is [2H]C(C)(C)n1ccc2cc(C(=O)OC)cnc21. The van der Waals surface area contributed by atoms with E-state index in [0.717, 1.165) is 5.39 Å². The van der Waals surface area contributed by atoms with Gasteiger partial charge in [-0.1, -0.05) is 0 Å². The molecule has 0 aromatic carbocycles. The third-order valence-corrected chi connectivity index (χ3v) is 2.43. The highest BCUT2D eigenvalue weighted by atomic mass is 16.5. The number of pyridine rings is 1. The average molecular weight is 219 g/mol. The molecule has 0 aliphatic rings. The predicted octanol–water partition coefficient (Wildman–Crippen LogP) is 2.40. The van der Waals surface area contributed by atoms with E-state index in [1.807, 2.05) is 6.07 Å². The number of rotatable bonds is 2. The second-order valence-corrected chi connectivity index (χ2v) is 3.76. The Labute approximate surface area is 95.3 Å². The molecule has 2 aromatic rings. The lowest BCUT2D eigenvalue weighted by Gasteiger charge is -2.08. The van der Waals surface area contributed by atoms with Gasteiger partial charge in [0.1, 0.15) is 5.65 Å². The molecule has 84 valence electrons. The Morgan fingerprint density at radius 2 is 2.38 bits per heavy atom. The Kier molecular flexibility index (Phi) is 2.33. The van der Waals surface area contributed by atoms with E-state index in [4.69, 9.17) is 1.37 Å². The first-order chi connectivity index (χ1) is 7.93. The molecular weight excluding hydrogens is 204 g/mol. The van der Waals surface area contributed by atoms with Gasteiger partial charge in [0.05, 0.1) is 14.0 Å². The summed E-state index contributed by atoms with van der Waals surface area (Å²) in [6.07, 6.45) is 3.27. The van der Waals surface area contributed by atoms with E-state index in [-0.39, 0.29) is 0 Å². The second kappa shape index (κ2) is 3.96. The van der Waals surface area contributed by atoms with Crippen molar-refractivity contribution in [1.82, 2.24) is 9.55 Å². The summed E-state index contributed by atoms with van der Waals surface area (Å²) in [5.41, 5.74) is 1.11. The van der Waals surface area contributed by atoms with E-state index < -0.39 is 12.0 Å². The molecule has 0 fully saturated rings. The number of ether oxygens (including phenoxy) is 1. The van der Waals surface area contributed by atoms with Crippen LogP contribution in [-0.4, -0.2) is 22.6 Å². The first-order valence-electron chi connectivity index (χ1n) is 5.49. The maximum absolute atomic E-state index is 11.4. The van der Waals surface area contributed by atoms with Crippen molar-refractivity contribution >= 4 is 17.0 Å². The Morgan fingerprint density at radius 3 is 3.00 bits per heavy atom. The first kappa shape index (κ1) is 9.39. The Morgan fingerprint density at radius 1 is 1.62 bits per heavy atom. The fraction of sp³-hybridized carbons (Fsp3) is 0.333. The van der Waals surface area contributed by atoms with Crippen molar-refractivity contribution < 1.29 is 10.9 Å². The standard InChI is InChI=1S/C12H14N2O2/c1-8(2)14-5-4-9-6-10(12(15)16-3)7-13-11(9)14/h4-8H,1-3H3/i8D. The van der Waals surface area contributed by atoms with Crippen LogP contribution in [0.4, 0.5) is 0 Å². The van der Waals surface area contributed by atoms with E-state index in [9.17, 15) is 4.79 Å². The van der Waals surface area contributed by atoms with E-state index in [2.05, 4.69) is 9.72 Å². The van der Waals surface area contributed by atoms with Gasteiger partial charge < -0.3 is 9.30 Å². The van der Waals surface area contributed by atoms with Crippen LogP contribution in [0.2, 0.25) is 0 Å². The van der Waals surface area contributed by atoms with Crippen LogP contribution in [0.5, 0.6) is 0 Å². The summed E-state index contributed by atoms with van der Waals surface area (Å²) in [5.74, 6) is -0.405. The summed E-state index contributed by atoms with van der Waals surface area (Å²) in [6, 6.07) is 2.78. The van der Waals surface area contributed by atoms with Gasteiger partial charge in [-0.05, 0) is 26.0 Å². The van der Waals surface area contributed by atoms with Crippen molar-refractivity contribution in [2.45, 2.75) is 19.9 Å². The minimum atomic E-state index is -0.776. The first-order valence-corrected chi connectivity index (χ1v) is 4.99. The molecule has 0 atom stereocenters. The molecule has 0 aliphatic carbocycles. The van der Waals surface area contributed by atoms with Crippen LogP contribution in [-0.2, 0) is 4.74 Å². The minimum Gasteiger partial charge on any atom is -0.465 e. The van der Waals surface area contributed by atoms with Crippen LogP contribution in [0.1, 0.15) is 31.6 Å². The van der Waals surface area contributed by atoms with Gasteiger partial charge in [-0.25, -0.2) is 9.78 Å². The van der Waals surface area contributed by atoms with Crippen molar-refractivity contribution in [3.05, 3.63) is 30.1 Å². The number of carbonyl (C=O) groups is 1. The van der Waals surface area contributed by atoms with E-state index in [1.54, 1.807) is 30.7 Å². The highest BCUT2D eigenvalue weighted by molar-refractivity contribution is 5.93. The van der Waals surface area contributed by atoms with Gasteiger partial charge in [-0.15, -0.1) is 0 Å². The van der Waals surface area contributed by atoms with Crippen LogP contribution >= 0.6 is 0 Å². The van der Waals surface area contributed by atoms with Crippen molar-refractivity contribution in [2.75, 3.05) is 7.11 Å². The lowest BCUT2D eigenvalue weighted by Crippen LogP contribution is -2.03. The third-order valence-electron chi connectivity index (χ3n) is 2.43. The zero-order valence-corrected chi connectivity index (χ0v) is 9.52. The van der Waals surface area contributed by atoms with Crippen molar-refractivity contribution in [2.24, 2.45) is 0 Å². The number of nitrogens with zero attached hydrogens (tertiary/aromatic N) is 2. The molecule has 16 heavy (non-hydrogen) atoms. The number of esters is 1. The molecular formula is C12H14N2O2. The average Bonchev–Trinajstić information content (AvgIpc) is 2.70. The van der Waals surface area contributed by atoms with Gasteiger partial charge in [0.25, 0.3) is 0 Å². The summed E-state index contributed by atoms with van der Waals surface area (Å²) in [5, 5.41) is 0.827. The minimum absolute atomic E-state index is 0.405. The van der Waals surface area contributed by atoms with E-state index in [0.29, 0.717) is 11.2 Å². The van der Waals surface area contributed by atoms with Gasteiger partial charge in [0.15, 0.2) is 0 Å². The Balaban J connectivity index is 2.56. The van der Waals surface area contributed by atoms with Crippen LogP contribution in [0.3, 0.4) is 0 Å². The molecule has 0 saturated heterocycles. The van der Waals surface area contributed by atoms with Crippen molar-refractivity contribution in [3.63, 3.8) is 0 Å². The number of carbonyl (C=O) groups excluding carboxylic acids is 1. The number of fused-ring (bicyclic) bond motifs is 1. The van der Waals surface area contributed by atoms with Gasteiger partial charge >= 0.3 is 5.97 Å². The predicted molar refractivity (Wildman–Crippen MR) is 61.5 cm³/mol. The molecule has 2 rings (SSSR count). The highest BCUT2D eigenvalue weighted by Gasteiger charge is 2.10. The summed E-state index contributed by atoms with van der Waals surface area (Å²) >= 11 is 0.